The molecule has 1 heterocycles. The van der Waals surface area contributed by atoms with Gasteiger partial charge < -0.3 is 5.32 Å². The van der Waals surface area contributed by atoms with E-state index in [0.717, 1.165) is 0 Å². The molecule has 0 radical (unpaired) electrons. The highest BCUT2D eigenvalue weighted by Gasteiger charge is 2.28. The first kappa shape index (κ1) is 19.4. The molecule has 2 aromatic carbocycles. The molecule has 0 unspecified atom stereocenters. The van der Waals surface area contributed by atoms with Gasteiger partial charge in [-0.05, 0) is 51.1 Å². The van der Waals surface area contributed by atoms with Crippen molar-refractivity contribution in [2.24, 2.45) is 0 Å². The third-order valence-electron chi connectivity index (χ3n) is 5.10. The van der Waals surface area contributed by atoms with E-state index >= 15 is 0 Å². The van der Waals surface area contributed by atoms with Crippen LogP contribution < -0.4 is 5.32 Å². The molecule has 0 bridgehead atoms. The maximum atomic E-state index is 3.75. The van der Waals surface area contributed by atoms with Crippen LogP contribution in [0.4, 0.5) is 11.4 Å². The highest BCUT2D eigenvalue weighted by atomic mass is 32.2. The van der Waals surface area contributed by atoms with Gasteiger partial charge in [0.05, 0.1) is 11.4 Å². The van der Waals surface area contributed by atoms with Crippen LogP contribution in [0.1, 0.15) is 79.0 Å². The predicted molar refractivity (Wildman–Crippen MR) is 116 cm³/mol. The first-order valence-corrected chi connectivity index (χ1v) is 10.4. The summed E-state index contributed by atoms with van der Waals surface area (Å²) in [6, 6.07) is 11.7. The lowest BCUT2D eigenvalue weighted by atomic mass is 9.79. The summed E-state index contributed by atoms with van der Waals surface area (Å²) < 4.78 is 0. The zero-order chi connectivity index (χ0) is 19.5. The van der Waals surface area contributed by atoms with E-state index in [9.17, 15) is 0 Å². The van der Waals surface area contributed by atoms with Crippen molar-refractivity contribution in [1.29, 1.82) is 0 Å². The SMILES string of the molecule is CC(C)(C)c1ccc2c(c1)Sc1cc(C(C)(C)C)cc(C(C)(C)C)c1N2. The van der Waals surface area contributed by atoms with Crippen molar-refractivity contribution in [3.05, 3.63) is 47.0 Å². The highest BCUT2D eigenvalue weighted by molar-refractivity contribution is 7.99. The first-order valence-electron chi connectivity index (χ1n) is 9.55. The van der Waals surface area contributed by atoms with Crippen LogP contribution in [0.3, 0.4) is 0 Å². The fourth-order valence-corrected chi connectivity index (χ4v) is 4.38. The summed E-state index contributed by atoms with van der Waals surface area (Å²) in [5, 5.41) is 3.75. The van der Waals surface area contributed by atoms with Crippen molar-refractivity contribution in [2.75, 3.05) is 5.32 Å². The van der Waals surface area contributed by atoms with Crippen LogP contribution in [-0.4, -0.2) is 0 Å². The summed E-state index contributed by atoms with van der Waals surface area (Å²) in [4.78, 5) is 2.68. The molecule has 26 heavy (non-hydrogen) atoms. The molecule has 3 rings (SSSR count). The molecule has 0 atom stereocenters. The van der Waals surface area contributed by atoms with Crippen molar-refractivity contribution in [2.45, 2.75) is 88.3 Å². The molecule has 0 amide bonds. The van der Waals surface area contributed by atoms with Gasteiger partial charge in [-0.3, -0.25) is 0 Å². The lowest BCUT2D eigenvalue weighted by molar-refractivity contribution is 0.567. The lowest BCUT2D eigenvalue weighted by Gasteiger charge is -2.33. The van der Waals surface area contributed by atoms with E-state index in [1.165, 1.54) is 37.9 Å². The number of hydrogen-bond donors (Lipinski definition) is 1. The summed E-state index contributed by atoms with van der Waals surface area (Å²) in [6.45, 7) is 20.6. The van der Waals surface area contributed by atoms with Gasteiger partial charge in [-0.2, -0.15) is 0 Å². The third kappa shape index (κ3) is 3.67. The topological polar surface area (TPSA) is 12.0 Å². The van der Waals surface area contributed by atoms with E-state index in [2.05, 4.69) is 98.0 Å². The summed E-state index contributed by atoms with van der Waals surface area (Å²) in [7, 11) is 0. The highest BCUT2D eigenvalue weighted by Crippen LogP contribution is 2.50. The number of fused-ring (bicyclic) bond motifs is 2. The second kappa shape index (κ2) is 6.05. The smallest absolute Gasteiger partial charge is 0.0564 e. The molecule has 0 spiro atoms. The van der Waals surface area contributed by atoms with Gasteiger partial charge in [0.2, 0.25) is 0 Å². The molecule has 0 fully saturated rings. The summed E-state index contributed by atoms with van der Waals surface area (Å²) in [5.74, 6) is 0. The average Bonchev–Trinajstić information content (AvgIpc) is 2.48. The minimum Gasteiger partial charge on any atom is -0.353 e. The molecule has 140 valence electrons. The Labute approximate surface area is 164 Å². The van der Waals surface area contributed by atoms with Crippen molar-refractivity contribution in [1.82, 2.24) is 0 Å². The molecule has 0 aliphatic carbocycles. The van der Waals surface area contributed by atoms with Crippen molar-refractivity contribution in [3.63, 3.8) is 0 Å². The Morgan fingerprint density at radius 1 is 0.654 bits per heavy atom. The molecular weight excluding hydrogens is 334 g/mol. The van der Waals surface area contributed by atoms with Crippen LogP contribution in [0, 0.1) is 0 Å². The van der Waals surface area contributed by atoms with Crippen molar-refractivity contribution in [3.8, 4) is 0 Å². The van der Waals surface area contributed by atoms with Crippen molar-refractivity contribution >= 4 is 23.1 Å². The van der Waals surface area contributed by atoms with Crippen LogP contribution >= 0.6 is 11.8 Å². The molecule has 0 saturated heterocycles. The Hall–Kier alpha value is -1.41. The molecule has 0 saturated carbocycles. The Kier molecular flexibility index (Phi) is 4.51. The summed E-state index contributed by atoms with van der Waals surface area (Å²) >= 11 is 1.91. The molecule has 0 aromatic heterocycles. The van der Waals surface area contributed by atoms with Crippen molar-refractivity contribution < 1.29 is 0 Å². The van der Waals surface area contributed by atoms with Gasteiger partial charge >= 0.3 is 0 Å². The minimum absolute atomic E-state index is 0.0990. The number of rotatable bonds is 0. The van der Waals surface area contributed by atoms with E-state index in [-0.39, 0.29) is 16.2 Å². The Balaban J connectivity index is 2.16. The maximum Gasteiger partial charge on any atom is 0.0564 e. The fourth-order valence-electron chi connectivity index (χ4n) is 3.28. The zero-order valence-electron chi connectivity index (χ0n) is 17.8. The molecule has 1 aliphatic heterocycles. The van der Waals surface area contributed by atoms with Crippen LogP contribution in [0.2, 0.25) is 0 Å². The largest absolute Gasteiger partial charge is 0.353 e. The van der Waals surface area contributed by atoms with Gasteiger partial charge in [-0.15, -0.1) is 0 Å². The summed E-state index contributed by atoms with van der Waals surface area (Å²) in [5.41, 5.74) is 7.11. The molecule has 1 aliphatic rings. The molecule has 1 N–H and O–H groups in total. The molecule has 2 aromatic rings. The zero-order valence-corrected chi connectivity index (χ0v) is 18.6. The molecule has 1 nitrogen and oxygen atoms in total. The van der Waals surface area contributed by atoms with E-state index < -0.39 is 0 Å². The van der Waals surface area contributed by atoms with Crippen LogP contribution in [-0.2, 0) is 16.2 Å². The Morgan fingerprint density at radius 2 is 1.23 bits per heavy atom. The Bertz CT molecular complexity index is 842. The first-order chi connectivity index (χ1) is 11.8. The number of anilines is 2. The fraction of sp³-hybridized carbons (Fsp3) is 0.500. The van der Waals surface area contributed by atoms with E-state index in [0.29, 0.717) is 0 Å². The predicted octanol–water partition coefficient (Wildman–Crippen LogP) is 7.79. The summed E-state index contributed by atoms with van der Waals surface area (Å²) in [6.07, 6.45) is 0. The van der Waals surface area contributed by atoms with E-state index in [1.807, 2.05) is 11.8 Å². The molecule has 2 heteroatoms. The van der Waals surface area contributed by atoms with E-state index in [4.69, 9.17) is 0 Å². The van der Waals surface area contributed by atoms with Crippen LogP contribution in [0.25, 0.3) is 0 Å². The Morgan fingerprint density at radius 3 is 1.77 bits per heavy atom. The number of benzene rings is 2. The van der Waals surface area contributed by atoms with Crippen LogP contribution in [0.15, 0.2) is 40.1 Å². The number of hydrogen-bond acceptors (Lipinski definition) is 2. The quantitative estimate of drug-likeness (QED) is 0.435. The van der Waals surface area contributed by atoms with Gasteiger partial charge in [0, 0.05) is 9.79 Å². The number of nitrogens with one attached hydrogen (secondary N) is 1. The van der Waals surface area contributed by atoms with Gasteiger partial charge in [-0.25, -0.2) is 0 Å². The van der Waals surface area contributed by atoms with Gasteiger partial charge in [-0.1, -0.05) is 86.2 Å². The monoisotopic (exact) mass is 367 g/mol. The second-order valence-corrected chi connectivity index (χ2v) is 11.7. The normalized spacial score (nSPS) is 14.5. The average molecular weight is 368 g/mol. The molecular formula is C24H33NS. The maximum absolute atomic E-state index is 3.75. The van der Waals surface area contributed by atoms with Gasteiger partial charge in [0.25, 0.3) is 0 Å². The van der Waals surface area contributed by atoms with E-state index in [1.54, 1.807) is 0 Å². The standard InChI is InChI=1S/C24H33NS/c1-22(2,3)15-10-11-18-19(13-15)26-20-14-16(23(4,5)6)12-17(21(20)25-18)24(7,8)9/h10-14,25H,1-9H3. The van der Waals surface area contributed by atoms with Crippen LogP contribution in [0.5, 0.6) is 0 Å². The minimum atomic E-state index is 0.0990. The third-order valence-corrected chi connectivity index (χ3v) is 6.20. The van der Waals surface area contributed by atoms with Gasteiger partial charge in [0.1, 0.15) is 0 Å². The second-order valence-electron chi connectivity index (χ2n) is 10.6. The lowest BCUT2D eigenvalue weighted by Crippen LogP contribution is -2.20. The van der Waals surface area contributed by atoms with Gasteiger partial charge in [0.15, 0.2) is 0 Å².